The van der Waals surface area contributed by atoms with E-state index in [0.717, 1.165) is 16.7 Å². The number of nitrogens with two attached hydrogens (primary N) is 1. The molecule has 0 spiro atoms. The van der Waals surface area contributed by atoms with Crippen molar-refractivity contribution in [3.63, 3.8) is 0 Å². The van der Waals surface area contributed by atoms with Gasteiger partial charge >= 0.3 is 0 Å². The Morgan fingerprint density at radius 3 is 2.57 bits per heavy atom. The summed E-state index contributed by atoms with van der Waals surface area (Å²) in [4.78, 5) is 31.3. The van der Waals surface area contributed by atoms with E-state index in [0.29, 0.717) is 29.2 Å². The summed E-state index contributed by atoms with van der Waals surface area (Å²) >= 11 is 1.76. The molecule has 7 nitrogen and oxygen atoms in total. The molecule has 30 heavy (non-hydrogen) atoms. The Kier molecular flexibility index (Phi) is 5.58. The molecule has 4 rings (SSSR count). The smallest absolute Gasteiger partial charge is 0.254 e. The summed E-state index contributed by atoms with van der Waals surface area (Å²) in [5, 5.41) is 2.86. The van der Waals surface area contributed by atoms with Gasteiger partial charge < -0.3 is 19.0 Å². The van der Waals surface area contributed by atoms with Gasteiger partial charge in [0.25, 0.3) is 5.91 Å². The van der Waals surface area contributed by atoms with E-state index in [1.807, 2.05) is 36.4 Å². The van der Waals surface area contributed by atoms with Gasteiger partial charge in [0.2, 0.25) is 5.91 Å². The molecule has 3 aromatic rings. The molecule has 0 saturated carbocycles. The van der Waals surface area contributed by atoms with Gasteiger partial charge in [-0.25, -0.2) is 4.98 Å². The molecule has 0 bridgehead atoms. The summed E-state index contributed by atoms with van der Waals surface area (Å²) in [6, 6.07) is 16.0. The highest BCUT2D eigenvalue weighted by molar-refractivity contribution is 14.1. The first-order chi connectivity index (χ1) is 14.5. The molecular formula is C22H19IN4O3. The number of hydrogen-bond donors (Lipinski definition) is 2. The second kappa shape index (κ2) is 8.31. The molecule has 0 saturated heterocycles. The molecule has 8 heteroatoms. The van der Waals surface area contributed by atoms with Crippen LogP contribution in [0.1, 0.15) is 15.9 Å². The summed E-state index contributed by atoms with van der Waals surface area (Å²) < 4.78 is 5.18. The lowest BCUT2D eigenvalue weighted by Crippen LogP contribution is -2.45. The van der Waals surface area contributed by atoms with E-state index in [1.54, 1.807) is 54.4 Å². The van der Waals surface area contributed by atoms with Crippen molar-refractivity contribution in [3.8, 4) is 16.9 Å². The van der Waals surface area contributed by atoms with Crippen LogP contribution in [0, 0.1) is 0 Å². The van der Waals surface area contributed by atoms with Crippen LogP contribution in [-0.4, -0.2) is 29.9 Å². The fraction of sp³-hybridized carbons (Fsp3) is 0.136. The van der Waals surface area contributed by atoms with Gasteiger partial charge in [-0.1, -0.05) is 24.3 Å². The van der Waals surface area contributed by atoms with Gasteiger partial charge in [0.05, 0.1) is 11.3 Å². The summed E-state index contributed by atoms with van der Waals surface area (Å²) in [6.07, 6.45) is 2.05. The third-order valence-electron chi connectivity index (χ3n) is 5.11. The Labute approximate surface area is 187 Å². The van der Waals surface area contributed by atoms with Crippen LogP contribution in [0.2, 0.25) is 0 Å². The Morgan fingerprint density at radius 1 is 1.10 bits per heavy atom. The number of nitrogens with zero attached hydrogens (tertiary/aromatic N) is 2. The lowest BCUT2D eigenvalue weighted by molar-refractivity contribution is -0.120. The zero-order valence-electron chi connectivity index (χ0n) is 16.1. The maximum atomic E-state index is 13.0. The summed E-state index contributed by atoms with van der Waals surface area (Å²) in [5.41, 5.74) is 9.64. The molecular weight excluding hydrogens is 495 g/mol. The van der Waals surface area contributed by atoms with Crippen LogP contribution >= 0.6 is 23.0 Å². The van der Waals surface area contributed by atoms with Crippen molar-refractivity contribution in [2.45, 2.75) is 12.5 Å². The molecule has 1 aliphatic rings. The normalized spacial score (nSPS) is 15.9. The number of carbonyl (C=O) groups excluding carboxylic acids is 2. The Morgan fingerprint density at radius 2 is 1.87 bits per heavy atom. The van der Waals surface area contributed by atoms with Crippen molar-refractivity contribution in [1.29, 1.82) is 0 Å². The molecule has 2 aromatic carbocycles. The highest BCUT2D eigenvalue weighted by Crippen LogP contribution is 2.29. The van der Waals surface area contributed by atoms with Crippen molar-refractivity contribution in [2.75, 3.05) is 17.7 Å². The van der Waals surface area contributed by atoms with E-state index in [1.165, 1.54) is 4.90 Å². The number of benzene rings is 2. The van der Waals surface area contributed by atoms with Crippen LogP contribution in [-0.2, 0) is 11.2 Å². The van der Waals surface area contributed by atoms with Gasteiger partial charge in [-0.2, -0.15) is 0 Å². The minimum absolute atomic E-state index is 0.170. The summed E-state index contributed by atoms with van der Waals surface area (Å²) in [6.45, 7) is 0. The van der Waals surface area contributed by atoms with Crippen LogP contribution in [0.3, 0.4) is 0 Å². The van der Waals surface area contributed by atoms with Crippen molar-refractivity contribution >= 4 is 46.3 Å². The van der Waals surface area contributed by atoms with Gasteiger partial charge in [0.1, 0.15) is 17.6 Å². The highest BCUT2D eigenvalue weighted by atomic mass is 127. The number of aromatic nitrogens is 1. The molecule has 152 valence electrons. The van der Waals surface area contributed by atoms with E-state index < -0.39 is 6.04 Å². The molecule has 1 aromatic heterocycles. The Hall–Kier alpha value is -3.14. The Balaban J connectivity index is 1.56. The topological polar surface area (TPSA) is 97.5 Å². The molecule has 1 atom stereocenters. The fourth-order valence-electron chi connectivity index (χ4n) is 3.52. The number of halogens is 1. The lowest BCUT2D eigenvalue weighted by atomic mass is 10.0. The van der Waals surface area contributed by atoms with Crippen molar-refractivity contribution < 1.29 is 12.7 Å². The van der Waals surface area contributed by atoms with Crippen LogP contribution in [0.25, 0.3) is 11.1 Å². The van der Waals surface area contributed by atoms with Crippen LogP contribution < -0.4 is 19.0 Å². The molecule has 3 N–H and O–H groups in total. The first-order valence-electron chi connectivity index (χ1n) is 9.28. The number of hydrogen-bond acceptors (Lipinski definition) is 5. The second-order valence-electron chi connectivity index (χ2n) is 7.05. The minimum Gasteiger partial charge on any atom is -0.428 e. The van der Waals surface area contributed by atoms with Gasteiger partial charge in [0, 0.05) is 19.7 Å². The molecule has 0 radical (unpaired) electrons. The second-order valence-corrected chi connectivity index (χ2v) is 7.49. The largest absolute Gasteiger partial charge is 0.428 e. The summed E-state index contributed by atoms with van der Waals surface area (Å²) in [5.74, 6) is 0.543. The zero-order chi connectivity index (χ0) is 21.3. The van der Waals surface area contributed by atoms with Crippen LogP contribution in [0.5, 0.6) is 5.75 Å². The fourth-order valence-corrected chi connectivity index (χ4v) is 3.80. The third kappa shape index (κ3) is 3.95. The quantitative estimate of drug-likeness (QED) is 0.521. The number of pyridine rings is 1. The van der Waals surface area contributed by atoms with Crippen molar-refractivity contribution in [2.24, 2.45) is 0 Å². The third-order valence-corrected chi connectivity index (χ3v) is 5.61. The summed E-state index contributed by atoms with van der Waals surface area (Å²) in [7, 11) is 1.68. The van der Waals surface area contributed by atoms with Crippen molar-refractivity contribution in [3.05, 3.63) is 71.9 Å². The number of fused-ring (bicyclic) bond motifs is 1. The maximum Gasteiger partial charge on any atom is 0.254 e. The number of rotatable bonds is 4. The molecule has 2 amide bonds. The number of carbonyl (C=O) groups is 2. The molecule has 0 fully saturated rings. The van der Waals surface area contributed by atoms with E-state index >= 15 is 0 Å². The lowest BCUT2D eigenvalue weighted by Gasteiger charge is -2.21. The first-order valence-corrected chi connectivity index (χ1v) is 10.2. The predicted molar refractivity (Wildman–Crippen MR) is 124 cm³/mol. The Bertz CT molecular complexity index is 1120. The number of nitrogen functional groups attached to an aromatic ring is 1. The first kappa shape index (κ1) is 20.1. The van der Waals surface area contributed by atoms with E-state index in [4.69, 9.17) is 8.80 Å². The number of amides is 2. The van der Waals surface area contributed by atoms with Crippen molar-refractivity contribution in [1.82, 2.24) is 10.3 Å². The monoisotopic (exact) mass is 514 g/mol. The molecule has 2 heterocycles. The van der Waals surface area contributed by atoms with Crippen LogP contribution in [0.15, 0.2) is 60.8 Å². The van der Waals surface area contributed by atoms with Gasteiger partial charge in [-0.15, -0.1) is 0 Å². The minimum atomic E-state index is -0.665. The number of nitrogens with one attached hydrogen (secondary N) is 1. The molecule has 0 aliphatic carbocycles. The van der Waals surface area contributed by atoms with E-state index in [9.17, 15) is 9.59 Å². The van der Waals surface area contributed by atoms with Gasteiger partial charge in [-0.05, 0) is 47.0 Å². The highest BCUT2D eigenvalue weighted by Gasteiger charge is 2.32. The van der Waals surface area contributed by atoms with Gasteiger partial charge in [-0.3, -0.25) is 9.59 Å². The zero-order valence-corrected chi connectivity index (χ0v) is 18.3. The average Bonchev–Trinajstić information content (AvgIpc) is 2.85. The molecule has 1 unspecified atom stereocenters. The van der Waals surface area contributed by atoms with E-state index in [2.05, 4.69) is 10.3 Å². The number of likely N-dealkylation sites (N-methyl/N-ethyl adjacent to an activating group) is 1. The van der Waals surface area contributed by atoms with Gasteiger partial charge in [0.15, 0.2) is 23.0 Å². The predicted octanol–water partition coefficient (Wildman–Crippen LogP) is 3.38. The van der Waals surface area contributed by atoms with Crippen LogP contribution in [0.4, 0.5) is 11.5 Å². The number of anilines is 2. The maximum absolute atomic E-state index is 13.0. The average molecular weight is 514 g/mol. The standard InChI is InChI=1S/C22H19IN4O3/c1-27-19-7-6-16(30-23)12-17(19)21(28)26-18(22(27)29)10-13-2-4-14(5-3-13)15-8-9-25-20(24)11-15/h2-9,11-12,18H,10H2,1H3,(H2,24,25)(H,26,28). The molecule has 1 aliphatic heterocycles. The SMILES string of the molecule is CN1C(=O)C(Cc2ccc(-c3ccnc(N)c3)cc2)NC(=O)c2cc(OI)ccc21. The van der Waals surface area contributed by atoms with E-state index in [-0.39, 0.29) is 11.8 Å².